The third kappa shape index (κ3) is 4.34. The Morgan fingerprint density at radius 2 is 2.00 bits per heavy atom. The van der Waals surface area contributed by atoms with Crippen LogP contribution in [0.2, 0.25) is 0 Å². The van der Waals surface area contributed by atoms with Crippen LogP contribution in [0.4, 0.5) is 4.79 Å². The predicted molar refractivity (Wildman–Crippen MR) is 109 cm³/mol. The molecule has 3 rings (SSSR count). The molecule has 0 radical (unpaired) electrons. The summed E-state index contributed by atoms with van der Waals surface area (Å²) in [5, 5.41) is 3.96. The number of hydrogen-bond donors (Lipinski definition) is 1. The van der Waals surface area contributed by atoms with Crippen LogP contribution in [0.5, 0.6) is 5.88 Å². The number of amides is 2. The van der Waals surface area contributed by atoms with Crippen molar-refractivity contribution in [3.63, 3.8) is 0 Å². The maximum Gasteiger partial charge on any atom is 0.322 e. The number of urea groups is 1. The van der Waals surface area contributed by atoms with Crippen LogP contribution < -0.4 is 10.1 Å². The summed E-state index contributed by atoms with van der Waals surface area (Å²) >= 11 is 5.93. The number of aromatic nitrogens is 1. The summed E-state index contributed by atoms with van der Waals surface area (Å²) in [6, 6.07) is 7.58. The van der Waals surface area contributed by atoms with Gasteiger partial charge in [0.05, 0.1) is 6.61 Å². The summed E-state index contributed by atoms with van der Waals surface area (Å²) in [7, 11) is 0. The number of alkyl halides is 1. The number of pyridine rings is 1. The fraction of sp³-hybridized carbons (Fsp3) is 0.286. The summed E-state index contributed by atoms with van der Waals surface area (Å²) in [5.41, 5.74) is 1.44. The van der Waals surface area contributed by atoms with E-state index in [0.717, 1.165) is 16.3 Å². The molecule has 1 aliphatic rings. The fourth-order valence-electron chi connectivity index (χ4n) is 2.98. The van der Waals surface area contributed by atoms with E-state index in [1.807, 2.05) is 38.1 Å². The summed E-state index contributed by atoms with van der Waals surface area (Å²) in [5.74, 6) is 0.392. The van der Waals surface area contributed by atoms with Crippen LogP contribution in [-0.4, -0.2) is 40.2 Å². The zero-order chi connectivity index (χ0) is 20.1. The molecule has 1 N–H and O–H groups in total. The van der Waals surface area contributed by atoms with Gasteiger partial charge in [-0.25, -0.2) is 9.78 Å². The lowest BCUT2D eigenvalue weighted by atomic mass is 10.1. The molecule has 0 bridgehead atoms. The highest BCUT2D eigenvalue weighted by Crippen LogP contribution is 2.27. The molecule has 6 nitrogen and oxygen atoms in total. The molecular formula is C21H22ClN3O3. The van der Waals surface area contributed by atoms with E-state index in [4.69, 9.17) is 16.3 Å². The van der Waals surface area contributed by atoms with Crippen LogP contribution in [0.15, 0.2) is 54.4 Å². The molecule has 7 heteroatoms. The number of allylic oxidation sites excluding steroid dienone is 3. The summed E-state index contributed by atoms with van der Waals surface area (Å²) in [4.78, 5) is 30.2. The van der Waals surface area contributed by atoms with Crippen LogP contribution in [-0.2, 0) is 11.3 Å². The molecule has 0 aliphatic heterocycles. The van der Waals surface area contributed by atoms with Gasteiger partial charge in [-0.15, -0.1) is 11.6 Å². The second-order valence-electron chi connectivity index (χ2n) is 6.27. The Balaban J connectivity index is 1.80. The number of carbonyl (C=O) groups excluding carboxylic acids is 2. The lowest BCUT2D eigenvalue weighted by Gasteiger charge is -2.23. The first-order chi connectivity index (χ1) is 13.5. The molecule has 0 fully saturated rings. The second-order valence-corrected chi connectivity index (χ2v) is 6.74. The first-order valence-electron chi connectivity index (χ1n) is 9.16. The van der Waals surface area contributed by atoms with Crippen molar-refractivity contribution in [2.45, 2.75) is 25.8 Å². The first kappa shape index (κ1) is 19.9. The number of nitrogens with zero attached hydrogens (tertiary/aromatic N) is 2. The van der Waals surface area contributed by atoms with Gasteiger partial charge in [-0.3, -0.25) is 4.79 Å². The summed E-state index contributed by atoms with van der Waals surface area (Å²) in [6.45, 7) is 5.26. The smallest absolute Gasteiger partial charge is 0.322 e. The highest BCUT2D eigenvalue weighted by molar-refractivity contribution is 6.34. The molecule has 1 aliphatic carbocycles. The molecule has 1 heterocycles. The minimum absolute atomic E-state index is 0.195. The van der Waals surface area contributed by atoms with Gasteiger partial charge in [-0.2, -0.15) is 0 Å². The van der Waals surface area contributed by atoms with Crippen LogP contribution in [0.3, 0.4) is 0 Å². The molecule has 146 valence electrons. The van der Waals surface area contributed by atoms with Gasteiger partial charge in [0.1, 0.15) is 5.38 Å². The molecule has 28 heavy (non-hydrogen) atoms. The second kappa shape index (κ2) is 8.89. The molecule has 0 saturated heterocycles. The van der Waals surface area contributed by atoms with Crippen LogP contribution in [0.25, 0.3) is 10.8 Å². The zero-order valence-corrected chi connectivity index (χ0v) is 16.6. The Labute approximate surface area is 168 Å². The SMILES string of the molecule is CCOc1ncc(CN(CC)C(=O)NC2=C[C@H](Cl)C(=O)C=C2)c2ccccc12. The lowest BCUT2D eigenvalue weighted by Crippen LogP contribution is -2.39. The standard InChI is InChI=1S/C21H22ClN3O3/c1-3-25(21(27)24-15-9-10-19(26)18(22)11-15)13-14-12-23-20(28-4-2)17-8-6-5-7-16(14)17/h5-12,18H,3-4,13H2,1-2H3,(H,24,27)/t18-/m0/s1. The van der Waals surface area contributed by atoms with Crippen LogP contribution in [0.1, 0.15) is 19.4 Å². The number of nitrogens with one attached hydrogen (secondary N) is 1. The van der Waals surface area contributed by atoms with Gasteiger partial charge in [-0.05, 0) is 49.1 Å². The number of hydrogen-bond acceptors (Lipinski definition) is 4. The van der Waals surface area contributed by atoms with Gasteiger partial charge in [-0.1, -0.05) is 18.2 Å². The Hall–Kier alpha value is -2.86. The third-order valence-electron chi connectivity index (χ3n) is 4.43. The zero-order valence-electron chi connectivity index (χ0n) is 15.8. The van der Waals surface area contributed by atoms with Crippen molar-refractivity contribution in [3.8, 4) is 5.88 Å². The van der Waals surface area contributed by atoms with Gasteiger partial charge in [0.2, 0.25) is 5.88 Å². The van der Waals surface area contributed by atoms with E-state index >= 15 is 0 Å². The van der Waals surface area contributed by atoms with Gasteiger partial charge in [0.25, 0.3) is 0 Å². The van der Waals surface area contributed by atoms with Crippen molar-refractivity contribution in [1.82, 2.24) is 15.2 Å². The average Bonchev–Trinajstić information content (AvgIpc) is 2.70. The van der Waals surface area contributed by atoms with E-state index in [0.29, 0.717) is 31.3 Å². The maximum absolute atomic E-state index is 12.7. The highest BCUT2D eigenvalue weighted by atomic mass is 35.5. The van der Waals surface area contributed by atoms with E-state index < -0.39 is 5.38 Å². The van der Waals surface area contributed by atoms with Crippen LogP contribution >= 0.6 is 11.6 Å². The lowest BCUT2D eigenvalue weighted by molar-refractivity contribution is -0.113. The summed E-state index contributed by atoms with van der Waals surface area (Å²) < 4.78 is 5.61. The number of fused-ring (bicyclic) bond motifs is 1. The van der Waals surface area contributed by atoms with E-state index in [9.17, 15) is 9.59 Å². The predicted octanol–water partition coefficient (Wildman–Crippen LogP) is 3.80. The quantitative estimate of drug-likeness (QED) is 0.750. The topological polar surface area (TPSA) is 71.5 Å². The normalized spacial score (nSPS) is 16.0. The molecular weight excluding hydrogens is 378 g/mol. The Morgan fingerprint density at radius 1 is 1.25 bits per heavy atom. The molecule has 2 aromatic rings. The average molecular weight is 400 g/mol. The number of halogens is 1. The molecule has 1 aromatic carbocycles. The molecule has 0 saturated carbocycles. The van der Waals surface area contributed by atoms with Crippen molar-refractivity contribution in [2.75, 3.05) is 13.2 Å². The first-order valence-corrected chi connectivity index (χ1v) is 9.60. The third-order valence-corrected chi connectivity index (χ3v) is 4.77. The van der Waals surface area contributed by atoms with Gasteiger partial charge < -0.3 is 15.0 Å². The molecule has 1 aromatic heterocycles. The van der Waals surface area contributed by atoms with Crippen molar-refractivity contribution in [1.29, 1.82) is 0 Å². The molecule has 2 amide bonds. The Kier molecular flexibility index (Phi) is 6.31. The van der Waals surface area contributed by atoms with Crippen molar-refractivity contribution >= 4 is 34.2 Å². The van der Waals surface area contributed by atoms with Gasteiger partial charge in [0, 0.05) is 30.4 Å². The van der Waals surface area contributed by atoms with Gasteiger partial charge >= 0.3 is 6.03 Å². The summed E-state index contributed by atoms with van der Waals surface area (Å²) in [6.07, 6.45) is 6.20. The number of ketones is 1. The van der Waals surface area contributed by atoms with Crippen molar-refractivity contribution in [3.05, 3.63) is 60.0 Å². The fourth-order valence-corrected chi connectivity index (χ4v) is 3.19. The van der Waals surface area contributed by atoms with Crippen molar-refractivity contribution in [2.24, 2.45) is 0 Å². The van der Waals surface area contributed by atoms with E-state index in [1.165, 1.54) is 12.2 Å². The van der Waals surface area contributed by atoms with Crippen molar-refractivity contribution < 1.29 is 14.3 Å². The number of rotatable bonds is 6. The number of ether oxygens (including phenoxy) is 1. The largest absolute Gasteiger partial charge is 0.478 e. The minimum atomic E-state index is -0.755. The molecule has 0 unspecified atom stereocenters. The number of carbonyl (C=O) groups is 2. The number of benzene rings is 1. The molecule has 0 spiro atoms. The monoisotopic (exact) mass is 399 g/mol. The molecule has 1 atom stereocenters. The van der Waals surface area contributed by atoms with E-state index in [2.05, 4.69) is 10.3 Å². The Morgan fingerprint density at radius 3 is 2.68 bits per heavy atom. The van der Waals surface area contributed by atoms with Gasteiger partial charge in [0.15, 0.2) is 5.78 Å². The maximum atomic E-state index is 12.7. The highest BCUT2D eigenvalue weighted by Gasteiger charge is 2.19. The van der Waals surface area contributed by atoms with E-state index in [-0.39, 0.29) is 11.8 Å². The minimum Gasteiger partial charge on any atom is -0.478 e. The van der Waals surface area contributed by atoms with Crippen LogP contribution in [0, 0.1) is 0 Å². The van der Waals surface area contributed by atoms with E-state index in [1.54, 1.807) is 17.2 Å². The Bertz CT molecular complexity index is 955.